The number of aromatic nitrogens is 2. The molecule has 0 saturated heterocycles. The number of rotatable bonds is 3. The molecule has 0 bridgehead atoms. The minimum Gasteiger partial charge on any atom is -0.310 e. The summed E-state index contributed by atoms with van der Waals surface area (Å²) in [6.07, 6.45) is 4.66. The van der Waals surface area contributed by atoms with Crippen LogP contribution in [-0.4, -0.2) is 28.3 Å². The molecule has 3 rings (SSSR count). The molecule has 2 heterocycles. The summed E-state index contributed by atoms with van der Waals surface area (Å²) in [5, 5.41) is 7.45. The third kappa shape index (κ3) is 2.83. The van der Waals surface area contributed by atoms with Gasteiger partial charge in [-0.15, -0.1) is 0 Å². The predicted molar refractivity (Wildman–Crippen MR) is 82.0 cm³/mol. The highest BCUT2D eigenvalue weighted by atomic mass is 16.2. The van der Waals surface area contributed by atoms with Gasteiger partial charge in [-0.3, -0.25) is 9.48 Å². The van der Waals surface area contributed by atoms with Crippen molar-refractivity contribution < 1.29 is 4.79 Å². The second-order valence-corrected chi connectivity index (χ2v) is 5.49. The van der Waals surface area contributed by atoms with Gasteiger partial charge in [-0.1, -0.05) is 18.2 Å². The minimum absolute atomic E-state index is 0.129. The van der Waals surface area contributed by atoms with Crippen molar-refractivity contribution in [1.82, 2.24) is 15.1 Å². The van der Waals surface area contributed by atoms with E-state index in [0.29, 0.717) is 6.54 Å². The summed E-state index contributed by atoms with van der Waals surface area (Å²) in [5.41, 5.74) is 3.33. The molecule has 0 aliphatic carbocycles. The first-order valence-electron chi connectivity index (χ1n) is 7.25. The summed E-state index contributed by atoms with van der Waals surface area (Å²) < 4.78 is 1.79. The fraction of sp³-hybridized carbons (Fsp3) is 0.375. The number of carbonyl (C=O) groups is 1. The second kappa shape index (κ2) is 5.69. The van der Waals surface area contributed by atoms with Gasteiger partial charge in [0.05, 0.1) is 12.2 Å². The van der Waals surface area contributed by atoms with Gasteiger partial charge in [0.1, 0.15) is 0 Å². The van der Waals surface area contributed by atoms with Crippen molar-refractivity contribution in [2.75, 3.05) is 11.4 Å². The van der Waals surface area contributed by atoms with Gasteiger partial charge in [-0.25, -0.2) is 0 Å². The maximum absolute atomic E-state index is 12.6. The molecule has 1 aromatic carbocycles. The third-order valence-corrected chi connectivity index (χ3v) is 3.90. The lowest BCUT2D eigenvalue weighted by Gasteiger charge is -2.24. The summed E-state index contributed by atoms with van der Waals surface area (Å²) in [7, 11) is 1.90. The van der Waals surface area contributed by atoms with Crippen LogP contribution in [-0.2, 0) is 24.8 Å². The Hall–Kier alpha value is -2.14. The van der Waals surface area contributed by atoms with Gasteiger partial charge in [0, 0.05) is 32.0 Å². The fourth-order valence-electron chi connectivity index (χ4n) is 2.70. The number of benzene rings is 1. The zero-order valence-electron chi connectivity index (χ0n) is 12.4. The van der Waals surface area contributed by atoms with Crippen molar-refractivity contribution in [3.63, 3.8) is 0 Å². The molecule has 1 aromatic heterocycles. The van der Waals surface area contributed by atoms with Gasteiger partial charge in [-0.05, 0) is 30.5 Å². The van der Waals surface area contributed by atoms with Crippen molar-refractivity contribution in [2.45, 2.75) is 25.9 Å². The number of nitrogens with zero attached hydrogens (tertiary/aromatic N) is 3. The van der Waals surface area contributed by atoms with Crippen LogP contribution in [0.1, 0.15) is 18.1 Å². The van der Waals surface area contributed by atoms with Crippen LogP contribution in [0.2, 0.25) is 0 Å². The molecule has 0 radical (unpaired) electrons. The zero-order valence-corrected chi connectivity index (χ0v) is 12.4. The number of para-hydroxylation sites is 1. The first-order chi connectivity index (χ1) is 10.1. The lowest BCUT2D eigenvalue weighted by atomic mass is 10.1. The summed E-state index contributed by atoms with van der Waals surface area (Å²) in [4.78, 5) is 14.5. The zero-order chi connectivity index (χ0) is 14.8. The summed E-state index contributed by atoms with van der Waals surface area (Å²) in [5.74, 6) is 0.129. The molecule has 1 unspecified atom stereocenters. The number of carbonyl (C=O) groups excluding carboxylic acids is 1. The number of fused-ring (bicyclic) bond motifs is 1. The molecule has 5 nitrogen and oxygen atoms in total. The van der Waals surface area contributed by atoms with Crippen LogP contribution in [0, 0.1) is 0 Å². The molecule has 1 aliphatic heterocycles. The Morgan fingerprint density at radius 3 is 2.95 bits per heavy atom. The van der Waals surface area contributed by atoms with Crippen molar-refractivity contribution in [1.29, 1.82) is 0 Å². The molecule has 1 aliphatic rings. The van der Waals surface area contributed by atoms with Gasteiger partial charge >= 0.3 is 0 Å². The van der Waals surface area contributed by atoms with E-state index in [9.17, 15) is 4.79 Å². The van der Waals surface area contributed by atoms with Crippen molar-refractivity contribution >= 4 is 11.6 Å². The maximum Gasteiger partial charge on any atom is 0.243 e. The second-order valence-electron chi connectivity index (χ2n) is 5.49. The fourth-order valence-corrected chi connectivity index (χ4v) is 2.70. The summed E-state index contributed by atoms with van der Waals surface area (Å²) in [6.45, 7) is 3.32. The maximum atomic E-state index is 12.6. The first-order valence-corrected chi connectivity index (χ1v) is 7.25. The van der Waals surface area contributed by atoms with E-state index < -0.39 is 0 Å². The smallest absolute Gasteiger partial charge is 0.243 e. The van der Waals surface area contributed by atoms with Crippen molar-refractivity contribution in [3.8, 4) is 0 Å². The van der Waals surface area contributed by atoms with E-state index in [1.807, 2.05) is 49.5 Å². The number of amides is 1. The van der Waals surface area contributed by atoms with Gasteiger partial charge in [0.25, 0.3) is 0 Å². The van der Waals surface area contributed by atoms with Crippen LogP contribution in [0.15, 0.2) is 36.7 Å². The quantitative estimate of drug-likeness (QED) is 0.929. The minimum atomic E-state index is -0.161. The van der Waals surface area contributed by atoms with E-state index in [2.05, 4.69) is 16.5 Å². The average Bonchev–Trinajstić information content (AvgIpc) is 2.86. The Bertz CT molecular complexity index is 649. The third-order valence-electron chi connectivity index (χ3n) is 3.90. The molecule has 1 amide bonds. The van der Waals surface area contributed by atoms with Crippen molar-refractivity contribution in [3.05, 3.63) is 47.8 Å². The molecule has 0 fully saturated rings. The Labute approximate surface area is 124 Å². The van der Waals surface area contributed by atoms with Crippen LogP contribution in [0.25, 0.3) is 0 Å². The molecular formula is C16H20N4O. The number of hydrogen-bond donors (Lipinski definition) is 1. The molecule has 1 atom stereocenters. The van der Waals surface area contributed by atoms with Gasteiger partial charge in [0.2, 0.25) is 5.91 Å². The SMILES string of the molecule is CC1NCc2ccccc2N(CCc2cnn(C)c2)C1=O. The number of nitrogens with one attached hydrogen (secondary N) is 1. The van der Waals surface area contributed by atoms with E-state index in [-0.39, 0.29) is 11.9 Å². The standard InChI is InChI=1S/C16H20N4O/c1-12-16(21)20(8-7-13-9-18-19(2)11-13)15-6-4-3-5-14(15)10-17-12/h3-6,9,11-12,17H,7-8,10H2,1-2H3. The highest BCUT2D eigenvalue weighted by Crippen LogP contribution is 2.24. The molecule has 0 saturated carbocycles. The van der Waals surface area contributed by atoms with E-state index >= 15 is 0 Å². The van der Waals surface area contributed by atoms with Crippen LogP contribution in [0.4, 0.5) is 5.69 Å². The van der Waals surface area contributed by atoms with Gasteiger partial charge in [-0.2, -0.15) is 5.10 Å². The lowest BCUT2D eigenvalue weighted by molar-refractivity contribution is -0.120. The first kappa shape index (κ1) is 13.8. The molecular weight excluding hydrogens is 264 g/mol. The Morgan fingerprint density at radius 2 is 2.19 bits per heavy atom. The summed E-state index contributed by atoms with van der Waals surface area (Å²) in [6, 6.07) is 7.94. The average molecular weight is 284 g/mol. The lowest BCUT2D eigenvalue weighted by Crippen LogP contribution is -2.43. The van der Waals surface area contributed by atoms with Crippen molar-refractivity contribution in [2.24, 2.45) is 7.05 Å². The molecule has 1 N–H and O–H groups in total. The van der Waals surface area contributed by atoms with Crippen LogP contribution < -0.4 is 10.2 Å². The molecule has 110 valence electrons. The molecule has 2 aromatic rings. The number of anilines is 1. The highest BCUT2D eigenvalue weighted by molar-refractivity contribution is 5.98. The molecule has 0 spiro atoms. The highest BCUT2D eigenvalue weighted by Gasteiger charge is 2.26. The van der Waals surface area contributed by atoms with Crippen LogP contribution in [0.3, 0.4) is 0 Å². The van der Waals surface area contributed by atoms with E-state index in [4.69, 9.17) is 0 Å². The predicted octanol–water partition coefficient (Wildman–Crippen LogP) is 1.49. The largest absolute Gasteiger partial charge is 0.310 e. The van der Waals surface area contributed by atoms with E-state index in [0.717, 1.165) is 24.2 Å². The monoisotopic (exact) mass is 284 g/mol. The van der Waals surface area contributed by atoms with E-state index in [1.165, 1.54) is 5.56 Å². The van der Waals surface area contributed by atoms with Gasteiger partial charge < -0.3 is 10.2 Å². The van der Waals surface area contributed by atoms with Crippen LogP contribution >= 0.6 is 0 Å². The summed E-state index contributed by atoms with van der Waals surface area (Å²) >= 11 is 0. The van der Waals surface area contributed by atoms with E-state index in [1.54, 1.807) is 4.68 Å². The number of aryl methyl sites for hydroxylation is 1. The Morgan fingerprint density at radius 1 is 1.38 bits per heavy atom. The van der Waals surface area contributed by atoms with Crippen LogP contribution in [0.5, 0.6) is 0 Å². The Kier molecular flexibility index (Phi) is 3.75. The molecule has 21 heavy (non-hydrogen) atoms. The number of hydrogen-bond acceptors (Lipinski definition) is 3. The Balaban J connectivity index is 1.84. The normalized spacial score (nSPS) is 18.5. The van der Waals surface area contributed by atoms with Gasteiger partial charge in [0.15, 0.2) is 0 Å². The molecule has 5 heteroatoms. The topological polar surface area (TPSA) is 50.2 Å².